The van der Waals surface area contributed by atoms with E-state index in [1.807, 2.05) is 0 Å². The molecule has 0 amide bonds. The van der Waals surface area contributed by atoms with Gasteiger partial charge in [0.1, 0.15) is 5.75 Å². The van der Waals surface area contributed by atoms with E-state index in [0.29, 0.717) is 11.3 Å². The Balaban J connectivity index is 1.93. The van der Waals surface area contributed by atoms with Gasteiger partial charge in [-0.25, -0.2) is 8.78 Å². The van der Waals surface area contributed by atoms with Crippen LogP contribution >= 0.6 is 0 Å². The Labute approximate surface area is 127 Å². The maximum Gasteiger partial charge on any atom is 0.299 e. The molecule has 0 bridgehead atoms. The quantitative estimate of drug-likeness (QED) is 0.541. The number of hydrogen-bond acceptors (Lipinski definition) is 6. The topological polar surface area (TPSA) is 95.5 Å². The third-order valence-electron chi connectivity index (χ3n) is 3.05. The summed E-state index contributed by atoms with van der Waals surface area (Å²) in [7, 11) is 0. The molecule has 10 heteroatoms. The molecule has 0 unspecified atom stereocenters. The highest BCUT2D eigenvalue weighted by Gasteiger charge is 2.17. The summed E-state index contributed by atoms with van der Waals surface area (Å²) < 4.78 is 31.9. The van der Waals surface area contributed by atoms with Gasteiger partial charge in [0.15, 0.2) is 5.65 Å². The van der Waals surface area contributed by atoms with E-state index in [0.717, 1.165) is 4.52 Å². The molecule has 2 heterocycles. The standard InChI is InChI=1S/C13H9F2N5O3/c1-7-6-8(2-3-9(7)20(21)22)23-11-5-4-10-16-17-13(12(14)15)19(10)18-11/h2-6,12H,1H3. The van der Waals surface area contributed by atoms with Crippen LogP contribution in [0.2, 0.25) is 0 Å². The fourth-order valence-corrected chi connectivity index (χ4v) is 2.00. The second kappa shape index (κ2) is 5.55. The molecule has 3 rings (SSSR count). The minimum Gasteiger partial charge on any atom is -0.438 e. The smallest absolute Gasteiger partial charge is 0.299 e. The lowest BCUT2D eigenvalue weighted by molar-refractivity contribution is -0.385. The molecular formula is C13H9F2N5O3. The summed E-state index contributed by atoms with van der Waals surface area (Å²) in [6.07, 6.45) is -2.82. The van der Waals surface area contributed by atoms with Crippen LogP contribution in [0.3, 0.4) is 0 Å². The van der Waals surface area contributed by atoms with Gasteiger partial charge in [0.25, 0.3) is 12.1 Å². The average Bonchev–Trinajstić information content (AvgIpc) is 2.90. The van der Waals surface area contributed by atoms with Crippen molar-refractivity contribution in [3.63, 3.8) is 0 Å². The van der Waals surface area contributed by atoms with Gasteiger partial charge < -0.3 is 4.74 Å². The summed E-state index contributed by atoms with van der Waals surface area (Å²) >= 11 is 0. The number of nitro benzene ring substituents is 1. The maximum atomic E-state index is 12.8. The van der Waals surface area contributed by atoms with Crippen LogP contribution in [0.25, 0.3) is 5.65 Å². The van der Waals surface area contributed by atoms with Crippen LogP contribution in [0.15, 0.2) is 30.3 Å². The van der Waals surface area contributed by atoms with E-state index in [2.05, 4.69) is 15.3 Å². The zero-order valence-electron chi connectivity index (χ0n) is 11.7. The number of ether oxygens (including phenoxy) is 1. The molecule has 0 aliphatic heterocycles. The predicted octanol–water partition coefficient (Wildman–Crippen LogP) is 3.07. The number of aromatic nitrogens is 4. The molecule has 0 saturated carbocycles. The van der Waals surface area contributed by atoms with E-state index in [4.69, 9.17) is 4.74 Å². The highest BCUT2D eigenvalue weighted by Crippen LogP contribution is 2.26. The van der Waals surface area contributed by atoms with Crippen molar-refractivity contribution in [2.24, 2.45) is 0 Å². The number of rotatable bonds is 4. The van der Waals surface area contributed by atoms with Gasteiger partial charge in [0.05, 0.1) is 4.92 Å². The maximum absolute atomic E-state index is 12.8. The molecule has 0 spiro atoms. The minimum atomic E-state index is -2.82. The molecule has 23 heavy (non-hydrogen) atoms. The summed E-state index contributed by atoms with van der Waals surface area (Å²) in [6, 6.07) is 7.03. The molecule has 1 aromatic carbocycles. The van der Waals surface area contributed by atoms with Gasteiger partial charge in [-0.2, -0.15) is 4.52 Å². The number of alkyl halides is 2. The van der Waals surface area contributed by atoms with Gasteiger partial charge in [-0.1, -0.05) is 0 Å². The van der Waals surface area contributed by atoms with Crippen LogP contribution in [-0.2, 0) is 0 Å². The summed E-state index contributed by atoms with van der Waals surface area (Å²) in [6.45, 7) is 1.57. The van der Waals surface area contributed by atoms with Crippen molar-refractivity contribution in [3.8, 4) is 11.6 Å². The molecule has 0 aliphatic rings. The Morgan fingerprint density at radius 2 is 2.04 bits per heavy atom. The van der Waals surface area contributed by atoms with Crippen molar-refractivity contribution < 1.29 is 18.4 Å². The lowest BCUT2D eigenvalue weighted by Crippen LogP contribution is -2.01. The van der Waals surface area contributed by atoms with Gasteiger partial charge in [-0.05, 0) is 25.1 Å². The van der Waals surface area contributed by atoms with Crippen LogP contribution in [0, 0.1) is 17.0 Å². The molecule has 0 N–H and O–H groups in total. The zero-order valence-corrected chi connectivity index (χ0v) is 11.7. The van der Waals surface area contributed by atoms with E-state index >= 15 is 0 Å². The van der Waals surface area contributed by atoms with Crippen LogP contribution in [0.1, 0.15) is 17.8 Å². The molecule has 2 aromatic heterocycles. The van der Waals surface area contributed by atoms with E-state index in [-0.39, 0.29) is 17.2 Å². The average molecular weight is 321 g/mol. The van der Waals surface area contributed by atoms with Crippen LogP contribution < -0.4 is 4.74 Å². The van der Waals surface area contributed by atoms with Crippen molar-refractivity contribution in [3.05, 3.63) is 51.8 Å². The molecule has 8 nitrogen and oxygen atoms in total. The zero-order chi connectivity index (χ0) is 16.6. The third kappa shape index (κ3) is 2.78. The first kappa shape index (κ1) is 14.8. The second-order valence-corrected chi connectivity index (χ2v) is 4.61. The van der Waals surface area contributed by atoms with E-state index < -0.39 is 17.2 Å². The number of aryl methyl sites for hydroxylation is 1. The largest absolute Gasteiger partial charge is 0.438 e. The Bertz CT molecular complexity index is 896. The number of benzene rings is 1. The Morgan fingerprint density at radius 1 is 1.26 bits per heavy atom. The molecule has 3 aromatic rings. The highest BCUT2D eigenvalue weighted by atomic mass is 19.3. The minimum absolute atomic E-state index is 0.0347. The molecule has 0 aliphatic carbocycles. The predicted molar refractivity (Wildman–Crippen MR) is 73.6 cm³/mol. The molecule has 118 valence electrons. The number of fused-ring (bicyclic) bond motifs is 1. The van der Waals surface area contributed by atoms with Crippen molar-refractivity contribution >= 4 is 11.3 Å². The van der Waals surface area contributed by atoms with Gasteiger partial charge in [0.2, 0.25) is 11.7 Å². The van der Waals surface area contributed by atoms with E-state index in [1.54, 1.807) is 6.92 Å². The first-order valence-electron chi connectivity index (χ1n) is 6.39. The second-order valence-electron chi connectivity index (χ2n) is 4.61. The first-order chi connectivity index (χ1) is 11.0. The molecule has 0 radical (unpaired) electrons. The highest BCUT2D eigenvalue weighted by molar-refractivity contribution is 5.45. The molecule has 0 saturated heterocycles. The van der Waals surface area contributed by atoms with Crippen molar-refractivity contribution in [2.75, 3.05) is 0 Å². The van der Waals surface area contributed by atoms with Gasteiger partial charge in [-0.3, -0.25) is 10.1 Å². The summed E-state index contributed by atoms with van der Waals surface area (Å²) in [4.78, 5) is 10.3. The molecule has 0 fully saturated rings. The van der Waals surface area contributed by atoms with E-state index in [1.165, 1.54) is 30.3 Å². The SMILES string of the molecule is Cc1cc(Oc2ccc3nnc(C(F)F)n3n2)ccc1[N+](=O)[O-]. The number of hydrogen-bond donors (Lipinski definition) is 0. The van der Waals surface area contributed by atoms with Gasteiger partial charge in [0, 0.05) is 17.7 Å². The van der Waals surface area contributed by atoms with Crippen LogP contribution in [-0.4, -0.2) is 24.7 Å². The van der Waals surface area contributed by atoms with E-state index in [9.17, 15) is 18.9 Å². The number of nitro groups is 1. The van der Waals surface area contributed by atoms with Crippen molar-refractivity contribution in [1.29, 1.82) is 0 Å². The number of nitrogens with zero attached hydrogens (tertiary/aromatic N) is 5. The summed E-state index contributed by atoms with van der Waals surface area (Å²) in [5.74, 6) is -0.260. The van der Waals surface area contributed by atoms with Crippen LogP contribution in [0.4, 0.5) is 14.5 Å². The fraction of sp³-hybridized carbons (Fsp3) is 0.154. The molecular weight excluding hydrogens is 312 g/mol. The monoisotopic (exact) mass is 321 g/mol. The Hall–Kier alpha value is -3.17. The normalized spacial score (nSPS) is 11.1. The Kier molecular flexibility index (Phi) is 3.56. The third-order valence-corrected chi connectivity index (χ3v) is 3.05. The summed E-state index contributed by atoms with van der Waals surface area (Å²) in [5.41, 5.74) is 0.526. The van der Waals surface area contributed by atoms with Crippen molar-refractivity contribution in [1.82, 2.24) is 19.8 Å². The first-order valence-corrected chi connectivity index (χ1v) is 6.39. The van der Waals surface area contributed by atoms with Crippen molar-refractivity contribution in [2.45, 2.75) is 13.3 Å². The lowest BCUT2D eigenvalue weighted by atomic mass is 10.2. The fourth-order valence-electron chi connectivity index (χ4n) is 2.00. The van der Waals surface area contributed by atoms with Gasteiger partial charge >= 0.3 is 0 Å². The number of halogens is 2. The molecule has 0 atom stereocenters. The lowest BCUT2D eigenvalue weighted by Gasteiger charge is -2.06. The summed E-state index contributed by atoms with van der Waals surface area (Å²) in [5, 5.41) is 21.6. The Morgan fingerprint density at radius 3 is 2.70 bits per heavy atom. The van der Waals surface area contributed by atoms with Gasteiger partial charge in [-0.15, -0.1) is 15.3 Å². The van der Waals surface area contributed by atoms with Crippen LogP contribution in [0.5, 0.6) is 11.6 Å².